The first kappa shape index (κ1) is 19.1. The number of hydrogen-bond donors (Lipinski definition) is 0. The molecule has 2 rings (SSSR count). The molecule has 0 atom stereocenters. The number of rotatable bonds is 9. The highest BCUT2D eigenvalue weighted by molar-refractivity contribution is 5.77. The van der Waals surface area contributed by atoms with Crippen LogP contribution in [0.5, 0.6) is 5.75 Å². The summed E-state index contributed by atoms with van der Waals surface area (Å²) in [7, 11) is 3.76. The van der Waals surface area contributed by atoms with Crippen molar-refractivity contribution < 1.29 is 13.9 Å². The van der Waals surface area contributed by atoms with E-state index in [0.29, 0.717) is 19.7 Å². The number of hydrogen-bond acceptors (Lipinski definition) is 4. The number of aryl methyl sites for hydroxylation is 2. The monoisotopic (exact) mass is 344 g/mol. The minimum atomic E-state index is 0.0800. The molecule has 5 heteroatoms. The minimum absolute atomic E-state index is 0.0800. The predicted octanol–water partition coefficient (Wildman–Crippen LogP) is 3.26. The van der Waals surface area contributed by atoms with Crippen LogP contribution in [0.4, 0.5) is 0 Å². The number of amides is 1. The van der Waals surface area contributed by atoms with E-state index in [2.05, 4.69) is 0 Å². The first-order valence-corrected chi connectivity index (χ1v) is 8.62. The lowest BCUT2D eigenvalue weighted by atomic mass is 10.2. The van der Waals surface area contributed by atoms with Crippen LogP contribution in [0.1, 0.15) is 23.5 Å². The van der Waals surface area contributed by atoms with E-state index in [0.717, 1.165) is 35.8 Å². The summed E-state index contributed by atoms with van der Waals surface area (Å²) in [6.45, 7) is 6.28. The van der Waals surface area contributed by atoms with Crippen molar-refractivity contribution in [2.75, 3.05) is 33.8 Å². The molecule has 2 aromatic rings. The molecule has 136 valence electrons. The Labute approximate surface area is 150 Å². The lowest BCUT2D eigenvalue weighted by Crippen LogP contribution is -2.36. The lowest BCUT2D eigenvalue weighted by Gasteiger charge is -2.21. The van der Waals surface area contributed by atoms with Crippen molar-refractivity contribution in [1.29, 1.82) is 0 Å². The first-order valence-electron chi connectivity index (χ1n) is 8.62. The van der Waals surface area contributed by atoms with E-state index < -0.39 is 0 Å². The molecule has 0 fully saturated rings. The molecule has 0 N–H and O–H groups in total. The van der Waals surface area contributed by atoms with E-state index in [1.165, 1.54) is 0 Å². The summed E-state index contributed by atoms with van der Waals surface area (Å²) < 4.78 is 11.3. The van der Waals surface area contributed by atoms with Gasteiger partial charge in [-0.25, -0.2) is 0 Å². The normalized spacial score (nSPS) is 10.9. The topological polar surface area (TPSA) is 45.9 Å². The van der Waals surface area contributed by atoms with E-state index in [1.807, 2.05) is 62.2 Å². The third-order valence-electron chi connectivity index (χ3n) is 4.06. The Kier molecular flexibility index (Phi) is 7.07. The van der Waals surface area contributed by atoms with E-state index in [1.54, 1.807) is 11.9 Å². The van der Waals surface area contributed by atoms with Gasteiger partial charge in [0, 0.05) is 13.6 Å². The number of carbonyl (C=O) groups excluding carboxylic acids is 1. The van der Waals surface area contributed by atoms with Gasteiger partial charge in [0.15, 0.2) is 0 Å². The fraction of sp³-hybridized carbons (Fsp3) is 0.450. The Morgan fingerprint density at radius 2 is 1.88 bits per heavy atom. The van der Waals surface area contributed by atoms with Crippen LogP contribution in [-0.2, 0) is 11.3 Å². The van der Waals surface area contributed by atoms with Gasteiger partial charge in [-0.3, -0.25) is 9.69 Å². The highest BCUT2D eigenvalue weighted by Gasteiger charge is 2.13. The fourth-order valence-corrected chi connectivity index (χ4v) is 2.56. The summed E-state index contributed by atoms with van der Waals surface area (Å²) in [6.07, 6.45) is 0.874. The van der Waals surface area contributed by atoms with Crippen LogP contribution in [0, 0.1) is 13.8 Å². The molecule has 1 aromatic heterocycles. The van der Waals surface area contributed by atoms with Gasteiger partial charge in [-0.2, -0.15) is 0 Å². The Morgan fingerprint density at radius 1 is 1.12 bits per heavy atom. The summed E-state index contributed by atoms with van der Waals surface area (Å²) in [5, 5.41) is 0. The zero-order valence-electron chi connectivity index (χ0n) is 15.6. The Bertz CT molecular complexity index is 681. The molecule has 0 unspecified atom stereocenters. The zero-order chi connectivity index (χ0) is 18.2. The molecule has 0 spiro atoms. The summed E-state index contributed by atoms with van der Waals surface area (Å²) in [4.78, 5) is 16.0. The summed E-state index contributed by atoms with van der Waals surface area (Å²) in [6, 6.07) is 11.8. The first-order chi connectivity index (χ1) is 12.0. The fourth-order valence-electron chi connectivity index (χ4n) is 2.56. The average molecular weight is 344 g/mol. The summed E-state index contributed by atoms with van der Waals surface area (Å²) >= 11 is 0. The Hall–Kier alpha value is -2.27. The SMILES string of the molecule is Cc1ccc(CN(C)C(=O)CN(C)CCCOc2ccccc2C)o1. The third-order valence-corrected chi connectivity index (χ3v) is 4.06. The standard InChI is InChI=1S/C20H28N2O3/c1-16-8-5-6-9-19(16)24-13-7-12-21(3)15-20(23)22(4)14-18-11-10-17(2)25-18/h5-6,8-11H,7,12-15H2,1-4H3. The molecule has 1 aromatic carbocycles. The third kappa shape index (κ3) is 6.27. The summed E-state index contributed by atoms with van der Waals surface area (Å²) in [5.74, 6) is 2.68. The highest BCUT2D eigenvalue weighted by Crippen LogP contribution is 2.16. The van der Waals surface area contributed by atoms with Crippen LogP contribution in [0.15, 0.2) is 40.8 Å². The van der Waals surface area contributed by atoms with Gasteiger partial charge in [0.25, 0.3) is 0 Å². The molecule has 0 radical (unpaired) electrons. The molecule has 0 saturated heterocycles. The van der Waals surface area contributed by atoms with Crippen LogP contribution in [0.25, 0.3) is 0 Å². The van der Waals surface area contributed by atoms with E-state index >= 15 is 0 Å². The van der Waals surface area contributed by atoms with E-state index in [4.69, 9.17) is 9.15 Å². The highest BCUT2D eigenvalue weighted by atomic mass is 16.5. The zero-order valence-corrected chi connectivity index (χ0v) is 15.6. The van der Waals surface area contributed by atoms with E-state index in [9.17, 15) is 4.79 Å². The molecule has 25 heavy (non-hydrogen) atoms. The molecule has 0 aliphatic carbocycles. The van der Waals surface area contributed by atoms with Crippen molar-refractivity contribution in [3.05, 3.63) is 53.5 Å². The molecule has 1 amide bonds. The Morgan fingerprint density at radius 3 is 2.56 bits per heavy atom. The molecule has 0 bridgehead atoms. The predicted molar refractivity (Wildman–Crippen MR) is 98.7 cm³/mol. The minimum Gasteiger partial charge on any atom is -0.493 e. The van der Waals surface area contributed by atoms with Crippen LogP contribution in [0.2, 0.25) is 0 Å². The van der Waals surface area contributed by atoms with Gasteiger partial charge in [-0.05, 0) is 51.1 Å². The lowest BCUT2D eigenvalue weighted by molar-refractivity contribution is -0.131. The maximum Gasteiger partial charge on any atom is 0.236 e. The molecule has 0 saturated carbocycles. The average Bonchev–Trinajstić information content (AvgIpc) is 2.98. The number of furan rings is 1. The number of benzene rings is 1. The van der Waals surface area contributed by atoms with Crippen LogP contribution in [-0.4, -0.2) is 49.5 Å². The second-order valence-corrected chi connectivity index (χ2v) is 6.47. The van der Waals surface area contributed by atoms with Gasteiger partial charge < -0.3 is 14.1 Å². The number of nitrogens with zero attached hydrogens (tertiary/aromatic N) is 2. The summed E-state index contributed by atoms with van der Waals surface area (Å²) in [5.41, 5.74) is 1.14. The van der Waals surface area contributed by atoms with Gasteiger partial charge in [-0.1, -0.05) is 18.2 Å². The van der Waals surface area contributed by atoms with Crippen LogP contribution >= 0.6 is 0 Å². The van der Waals surface area contributed by atoms with Crippen LogP contribution in [0.3, 0.4) is 0 Å². The van der Waals surface area contributed by atoms with Crippen molar-refractivity contribution in [2.24, 2.45) is 0 Å². The quantitative estimate of drug-likeness (QED) is 0.655. The Balaban J connectivity index is 1.66. The number of para-hydroxylation sites is 1. The van der Waals surface area contributed by atoms with Crippen molar-refractivity contribution in [3.8, 4) is 5.75 Å². The molecular weight excluding hydrogens is 316 g/mol. The maximum absolute atomic E-state index is 12.3. The van der Waals surface area contributed by atoms with Crippen molar-refractivity contribution >= 4 is 5.91 Å². The van der Waals surface area contributed by atoms with E-state index in [-0.39, 0.29) is 5.91 Å². The molecular formula is C20H28N2O3. The number of likely N-dealkylation sites (N-methyl/N-ethyl adjacent to an activating group) is 2. The smallest absolute Gasteiger partial charge is 0.236 e. The molecule has 5 nitrogen and oxygen atoms in total. The van der Waals surface area contributed by atoms with Gasteiger partial charge >= 0.3 is 0 Å². The van der Waals surface area contributed by atoms with Gasteiger partial charge in [0.2, 0.25) is 5.91 Å². The van der Waals surface area contributed by atoms with Crippen molar-refractivity contribution in [3.63, 3.8) is 0 Å². The van der Waals surface area contributed by atoms with Crippen molar-refractivity contribution in [2.45, 2.75) is 26.8 Å². The number of ether oxygens (including phenoxy) is 1. The maximum atomic E-state index is 12.3. The largest absolute Gasteiger partial charge is 0.493 e. The molecule has 1 heterocycles. The van der Waals surface area contributed by atoms with Gasteiger partial charge in [0.05, 0.1) is 19.7 Å². The second-order valence-electron chi connectivity index (χ2n) is 6.47. The van der Waals surface area contributed by atoms with Gasteiger partial charge in [0.1, 0.15) is 17.3 Å². The van der Waals surface area contributed by atoms with Crippen LogP contribution < -0.4 is 4.74 Å². The van der Waals surface area contributed by atoms with Crippen molar-refractivity contribution in [1.82, 2.24) is 9.80 Å². The number of carbonyl (C=O) groups is 1. The second kappa shape index (κ2) is 9.28. The van der Waals surface area contributed by atoms with Gasteiger partial charge in [-0.15, -0.1) is 0 Å². The molecule has 0 aliphatic heterocycles. The molecule has 0 aliphatic rings.